The van der Waals surface area contributed by atoms with Gasteiger partial charge in [-0.05, 0) is 13.0 Å². The minimum Gasteiger partial charge on any atom is -0.392 e. The molecule has 0 amide bonds. The maximum Gasteiger partial charge on any atom is 0.0702 e. The van der Waals surface area contributed by atoms with Crippen molar-refractivity contribution in [3.63, 3.8) is 0 Å². The molecular weight excluding hydrogens is 214 g/mol. The topological polar surface area (TPSA) is 32.7 Å². The number of benzene rings is 1. The third-order valence-corrected chi connectivity index (χ3v) is 2.66. The molecule has 0 aliphatic carbocycles. The third-order valence-electron chi connectivity index (χ3n) is 2.66. The van der Waals surface area contributed by atoms with E-state index in [4.69, 9.17) is 4.74 Å². The molecule has 0 saturated heterocycles. The van der Waals surface area contributed by atoms with Gasteiger partial charge in [0.25, 0.3) is 0 Å². The fourth-order valence-corrected chi connectivity index (χ4v) is 1.82. The monoisotopic (exact) mass is 235 g/mol. The van der Waals surface area contributed by atoms with E-state index >= 15 is 0 Å². The van der Waals surface area contributed by atoms with Crippen molar-refractivity contribution >= 4 is 5.69 Å². The number of methoxy groups -OCH3 is 1. The molecule has 1 aromatic rings. The number of hydrogen-bond donors (Lipinski definition) is 1. The maximum absolute atomic E-state index is 9.40. The Hall–Kier alpha value is -1.32. The minimum absolute atomic E-state index is 0.0532. The largest absolute Gasteiger partial charge is 0.392 e. The lowest BCUT2D eigenvalue weighted by Gasteiger charge is -2.25. The molecule has 0 saturated carbocycles. The van der Waals surface area contributed by atoms with Gasteiger partial charge in [0.1, 0.15) is 0 Å². The maximum atomic E-state index is 9.40. The predicted molar refractivity (Wildman–Crippen MR) is 71.4 cm³/mol. The molecule has 0 aromatic heterocycles. The molecule has 0 bridgehead atoms. The van der Waals surface area contributed by atoms with E-state index in [0.29, 0.717) is 6.61 Å². The zero-order valence-electron chi connectivity index (χ0n) is 10.6. The lowest BCUT2D eigenvalue weighted by Crippen LogP contribution is -2.28. The van der Waals surface area contributed by atoms with E-state index in [0.717, 1.165) is 29.9 Å². The van der Waals surface area contributed by atoms with E-state index < -0.39 is 0 Å². The number of ether oxygens (including phenoxy) is 1. The van der Waals surface area contributed by atoms with Crippen molar-refractivity contribution in [3.8, 4) is 0 Å². The molecule has 0 fully saturated rings. The number of hydrogen-bond acceptors (Lipinski definition) is 3. The number of rotatable bonds is 7. The second kappa shape index (κ2) is 7.09. The third kappa shape index (κ3) is 3.88. The number of anilines is 1. The van der Waals surface area contributed by atoms with E-state index in [-0.39, 0.29) is 6.61 Å². The molecule has 0 spiro atoms. The van der Waals surface area contributed by atoms with Gasteiger partial charge in [0.05, 0.1) is 13.2 Å². The molecule has 0 radical (unpaired) electrons. The second-order valence-corrected chi connectivity index (χ2v) is 4.02. The SMILES string of the molecule is C=CCN(CCOC)c1ccc(C)cc1CO. The van der Waals surface area contributed by atoms with Gasteiger partial charge in [-0.15, -0.1) is 6.58 Å². The summed E-state index contributed by atoms with van der Waals surface area (Å²) in [4.78, 5) is 2.15. The zero-order chi connectivity index (χ0) is 12.7. The Morgan fingerprint density at radius 3 is 2.82 bits per heavy atom. The minimum atomic E-state index is 0.0532. The van der Waals surface area contributed by atoms with Crippen LogP contribution in [-0.2, 0) is 11.3 Å². The van der Waals surface area contributed by atoms with Crippen molar-refractivity contribution in [2.75, 3.05) is 31.7 Å². The van der Waals surface area contributed by atoms with Crippen LogP contribution in [-0.4, -0.2) is 31.9 Å². The lowest BCUT2D eigenvalue weighted by atomic mass is 10.1. The lowest BCUT2D eigenvalue weighted by molar-refractivity contribution is 0.205. The van der Waals surface area contributed by atoms with Crippen molar-refractivity contribution in [2.45, 2.75) is 13.5 Å². The summed E-state index contributed by atoms with van der Waals surface area (Å²) in [5.41, 5.74) is 3.15. The Morgan fingerprint density at radius 2 is 2.24 bits per heavy atom. The first-order valence-corrected chi connectivity index (χ1v) is 5.78. The van der Waals surface area contributed by atoms with Gasteiger partial charge in [-0.1, -0.05) is 23.8 Å². The molecule has 0 unspecified atom stereocenters. The van der Waals surface area contributed by atoms with Gasteiger partial charge in [0, 0.05) is 31.5 Å². The molecule has 3 nitrogen and oxygen atoms in total. The molecule has 94 valence electrons. The average molecular weight is 235 g/mol. The summed E-state index contributed by atoms with van der Waals surface area (Å²) in [6.07, 6.45) is 1.86. The molecule has 0 aliphatic rings. The van der Waals surface area contributed by atoms with Crippen LogP contribution in [0.15, 0.2) is 30.9 Å². The van der Waals surface area contributed by atoms with Crippen molar-refractivity contribution < 1.29 is 9.84 Å². The van der Waals surface area contributed by atoms with Crippen molar-refractivity contribution in [3.05, 3.63) is 42.0 Å². The summed E-state index contributed by atoms with van der Waals surface area (Å²) < 4.78 is 5.10. The second-order valence-electron chi connectivity index (χ2n) is 4.02. The first-order valence-electron chi connectivity index (χ1n) is 5.78. The highest BCUT2D eigenvalue weighted by molar-refractivity contribution is 5.55. The van der Waals surface area contributed by atoms with Gasteiger partial charge in [0.15, 0.2) is 0 Å². The van der Waals surface area contributed by atoms with E-state index in [9.17, 15) is 5.11 Å². The van der Waals surface area contributed by atoms with Gasteiger partial charge in [-0.2, -0.15) is 0 Å². The van der Waals surface area contributed by atoms with Crippen LogP contribution in [0.2, 0.25) is 0 Å². The quantitative estimate of drug-likeness (QED) is 0.735. The standard InChI is InChI=1S/C14H21NO2/c1-4-7-15(8-9-17-3)14-6-5-12(2)10-13(14)11-16/h4-6,10,16H,1,7-9,11H2,2-3H3. The van der Waals surface area contributed by atoms with Crippen molar-refractivity contribution in [1.82, 2.24) is 0 Å². The molecule has 1 aromatic carbocycles. The highest BCUT2D eigenvalue weighted by Gasteiger charge is 2.09. The van der Waals surface area contributed by atoms with Crippen molar-refractivity contribution in [2.24, 2.45) is 0 Å². The van der Waals surface area contributed by atoms with E-state index in [1.165, 1.54) is 0 Å². The Balaban J connectivity index is 2.95. The van der Waals surface area contributed by atoms with Crippen LogP contribution in [0.1, 0.15) is 11.1 Å². The molecule has 1 N–H and O–H groups in total. The molecular formula is C14H21NO2. The van der Waals surface area contributed by atoms with Gasteiger partial charge < -0.3 is 14.7 Å². The first-order chi connectivity index (χ1) is 8.22. The molecule has 17 heavy (non-hydrogen) atoms. The predicted octanol–water partition coefficient (Wildman–Crippen LogP) is 2.13. The Morgan fingerprint density at radius 1 is 1.47 bits per heavy atom. The smallest absolute Gasteiger partial charge is 0.0702 e. The summed E-state index contributed by atoms with van der Waals surface area (Å²) >= 11 is 0. The fraction of sp³-hybridized carbons (Fsp3) is 0.429. The average Bonchev–Trinajstić information content (AvgIpc) is 2.34. The van der Waals surface area contributed by atoms with Crippen molar-refractivity contribution in [1.29, 1.82) is 0 Å². The number of aliphatic hydroxyl groups excluding tert-OH is 1. The van der Waals surface area contributed by atoms with E-state index in [1.54, 1.807) is 7.11 Å². The van der Waals surface area contributed by atoms with Crippen LogP contribution in [0.25, 0.3) is 0 Å². The molecule has 0 aliphatic heterocycles. The van der Waals surface area contributed by atoms with Crippen LogP contribution in [0, 0.1) is 6.92 Å². The summed E-state index contributed by atoms with van der Waals surface area (Å²) in [7, 11) is 1.69. The van der Waals surface area contributed by atoms with Gasteiger partial charge >= 0.3 is 0 Å². The van der Waals surface area contributed by atoms with Crippen LogP contribution >= 0.6 is 0 Å². The molecule has 3 heteroatoms. The summed E-state index contributed by atoms with van der Waals surface area (Å²) in [5.74, 6) is 0. The normalized spacial score (nSPS) is 10.3. The van der Waals surface area contributed by atoms with E-state index in [1.807, 2.05) is 25.1 Å². The highest BCUT2D eigenvalue weighted by Crippen LogP contribution is 2.22. The van der Waals surface area contributed by atoms with Crippen LogP contribution < -0.4 is 4.90 Å². The summed E-state index contributed by atoms with van der Waals surface area (Å²) in [5, 5.41) is 9.40. The Kier molecular flexibility index (Phi) is 5.73. The number of nitrogens with zero attached hydrogens (tertiary/aromatic N) is 1. The molecule has 1 rings (SSSR count). The fourth-order valence-electron chi connectivity index (χ4n) is 1.82. The summed E-state index contributed by atoms with van der Waals surface area (Å²) in [6, 6.07) is 6.11. The molecule has 0 heterocycles. The number of aryl methyl sites for hydroxylation is 1. The van der Waals surface area contributed by atoms with Crippen LogP contribution in [0.3, 0.4) is 0 Å². The van der Waals surface area contributed by atoms with Crippen LogP contribution in [0.5, 0.6) is 0 Å². The zero-order valence-corrected chi connectivity index (χ0v) is 10.6. The van der Waals surface area contributed by atoms with E-state index in [2.05, 4.69) is 17.5 Å². The van der Waals surface area contributed by atoms with Gasteiger partial charge in [-0.25, -0.2) is 0 Å². The first kappa shape index (κ1) is 13.7. The highest BCUT2D eigenvalue weighted by atomic mass is 16.5. The Labute approximate surface area is 103 Å². The molecule has 0 atom stereocenters. The van der Waals surface area contributed by atoms with Crippen LogP contribution in [0.4, 0.5) is 5.69 Å². The number of aliphatic hydroxyl groups is 1. The summed E-state index contributed by atoms with van der Waals surface area (Å²) in [6.45, 7) is 8.04. The van der Waals surface area contributed by atoms with Gasteiger partial charge in [0.2, 0.25) is 0 Å². The Bertz CT molecular complexity index is 363. The van der Waals surface area contributed by atoms with Gasteiger partial charge in [-0.3, -0.25) is 0 Å².